The maximum absolute atomic E-state index is 13.3. The molecule has 0 bridgehead atoms. The van der Waals surface area contributed by atoms with E-state index in [4.69, 9.17) is 4.74 Å². The zero-order valence-electron chi connectivity index (χ0n) is 16.2. The van der Waals surface area contributed by atoms with Crippen LogP contribution in [0.5, 0.6) is 0 Å². The molecule has 1 fully saturated rings. The van der Waals surface area contributed by atoms with Gasteiger partial charge in [-0.2, -0.15) is 17.0 Å². The summed E-state index contributed by atoms with van der Waals surface area (Å²) in [5.41, 5.74) is 0.941. The first-order valence-corrected chi connectivity index (χ1v) is 11.7. The highest BCUT2D eigenvalue weighted by atomic mass is 79.9. The van der Waals surface area contributed by atoms with Crippen molar-refractivity contribution in [2.24, 2.45) is 5.92 Å². The van der Waals surface area contributed by atoms with Gasteiger partial charge in [-0.05, 0) is 44.7 Å². The Hall–Kier alpha value is -0.960. The lowest BCUT2D eigenvalue weighted by Gasteiger charge is -2.37. The number of carbonyl (C=O) groups excluding carboxylic acids is 1. The lowest BCUT2D eigenvalue weighted by molar-refractivity contribution is -0.149. The van der Waals surface area contributed by atoms with Crippen LogP contribution < -0.4 is 0 Å². The summed E-state index contributed by atoms with van der Waals surface area (Å²) in [7, 11) is -3.62. The van der Waals surface area contributed by atoms with E-state index in [9.17, 15) is 13.2 Å². The van der Waals surface area contributed by atoms with Crippen LogP contribution in [0.1, 0.15) is 51.6 Å². The number of piperidine rings is 1. The van der Waals surface area contributed by atoms with Gasteiger partial charge < -0.3 is 4.74 Å². The topological polar surface area (TPSA) is 66.9 Å². The molecule has 8 heteroatoms. The molecular weight excluding hydrogens is 432 g/mol. The van der Waals surface area contributed by atoms with Crippen molar-refractivity contribution in [1.29, 1.82) is 0 Å². The minimum atomic E-state index is -3.62. The Balaban J connectivity index is 2.16. The van der Waals surface area contributed by atoms with Crippen molar-refractivity contribution in [3.63, 3.8) is 0 Å². The number of carbonyl (C=O) groups is 1. The van der Waals surface area contributed by atoms with Crippen molar-refractivity contribution in [3.05, 3.63) is 34.3 Å². The third-order valence-electron chi connectivity index (χ3n) is 4.93. The highest BCUT2D eigenvalue weighted by Gasteiger charge is 2.37. The number of rotatable bonds is 8. The van der Waals surface area contributed by atoms with Crippen LogP contribution in [0.3, 0.4) is 0 Å². The van der Waals surface area contributed by atoms with Crippen LogP contribution in [0.15, 0.2) is 28.7 Å². The lowest BCUT2D eigenvalue weighted by Crippen LogP contribution is -2.49. The quantitative estimate of drug-likeness (QED) is 0.554. The molecule has 1 aliphatic rings. The van der Waals surface area contributed by atoms with Gasteiger partial charge in [0.25, 0.3) is 10.2 Å². The summed E-state index contributed by atoms with van der Waals surface area (Å²) >= 11 is 3.53. The van der Waals surface area contributed by atoms with Crippen molar-refractivity contribution in [2.75, 3.05) is 26.2 Å². The highest BCUT2D eigenvalue weighted by molar-refractivity contribution is 9.10. The summed E-state index contributed by atoms with van der Waals surface area (Å²) in [5.74, 6) is -0.432. The molecule has 27 heavy (non-hydrogen) atoms. The average Bonchev–Trinajstić information content (AvgIpc) is 2.66. The maximum Gasteiger partial charge on any atom is 0.309 e. The number of ether oxygens (including phenoxy) is 1. The Bertz CT molecular complexity index is 733. The molecule has 0 aromatic heterocycles. The molecule has 0 amide bonds. The van der Waals surface area contributed by atoms with Crippen molar-refractivity contribution in [2.45, 2.75) is 46.1 Å². The fraction of sp³-hybridized carbons (Fsp3) is 0.632. The van der Waals surface area contributed by atoms with Crippen molar-refractivity contribution in [1.82, 2.24) is 8.61 Å². The molecule has 0 spiro atoms. The summed E-state index contributed by atoms with van der Waals surface area (Å²) in [6.45, 7) is 7.15. The Morgan fingerprint density at radius 3 is 2.48 bits per heavy atom. The van der Waals surface area contributed by atoms with Crippen LogP contribution >= 0.6 is 15.9 Å². The van der Waals surface area contributed by atoms with E-state index in [1.54, 1.807) is 11.2 Å². The fourth-order valence-corrected chi connectivity index (χ4v) is 5.94. The van der Waals surface area contributed by atoms with Crippen LogP contribution in [-0.4, -0.2) is 49.2 Å². The predicted octanol–water partition coefficient (Wildman–Crippen LogP) is 3.74. The predicted molar refractivity (Wildman–Crippen MR) is 109 cm³/mol. The molecule has 1 aromatic rings. The van der Waals surface area contributed by atoms with E-state index < -0.39 is 10.2 Å². The van der Waals surface area contributed by atoms with E-state index in [0.717, 1.165) is 16.5 Å². The standard InChI is InChI=1S/C19H29BrN2O4S/c1-4-12-22(15(3)17-8-6-7-9-18(17)20)27(24,25)21-13-10-16(11-14-21)19(23)26-5-2/h6-9,15-16H,4-5,10-14H2,1-3H3. The molecule has 1 atom stereocenters. The van der Waals surface area contributed by atoms with Gasteiger partial charge in [-0.1, -0.05) is 41.1 Å². The first kappa shape index (κ1) is 22.3. The van der Waals surface area contributed by atoms with Crippen molar-refractivity contribution >= 4 is 32.1 Å². The van der Waals surface area contributed by atoms with E-state index in [-0.39, 0.29) is 17.9 Å². The number of halogens is 1. The summed E-state index contributed by atoms with van der Waals surface area (Å²) in [5, 5.41) is 0. The van der Waals surface area contributed by atoms with Gasteiger partial charge in [0.2, 0.25) is 0 Å². The number of nitrogens with zero attached hydrogens (tertiary/aromatic N) is 2. The van der Waals surface area contributed by atoms with E-state index in [0.29, 0.717) is 39.1 Å². The molecule has 6 nitrogen and oxygen atoms in total. The summed E-state index contributed by atoms with van der Waals surface area (Å²) in [6.07, 6.45) is 1.73. The van der Waals surface area contributed by atoms with Gasteiger partial charge in [-0.15, -0.1) is 0 Å². The zero-order chi connectivity index (χ0) is 20.0. The third kappa shape index (κ3) is 5.31. The van der Waals surface area contributed by atoms with Crippen LogP contribution in [0, 0.1) is 5.92 Å². The molecule has 1 aliphatic heterocycles. The number of benzene rings is 1. The van der Waals surface area contributed by atoms with Crippen LogP contribution in [0.25, 0.3) is 0 Å². The number of hydrogen-bond acceptors (Lipinski definition) is 4. The molecule has 0 N–H and O–H groups in total. The normalized spacial score (nSPS) is 17.8. The summed E-state index contributed by atoms with van der Waals surface area (Å²) < 4.78 is 35.7. The van der Waals surface area contributed by atoms with Gasteiger partial charge >= 0.3 is 5.97 Å². The SMILES string of the molecule is CCCN(C(C)c1ccccc1Br)S(=O)(=O)N1CCC(C(=O)OCC)CC1. The molecule has 2 rings (SSSR count). The smallest absolute Gasteiger partial charge is 0.309 e. The minimum absolute atomic E-state index is 0.211. The van der Waals surface area contributed by atoms with E-state index >= 15 is 0 Å². The van der Waals surface area contributed by atoms with Gasteiger partial charge in [-0.3, -0.25) is 4.79 Å². The first-order chi connectivity index (χ1) is 12.8. The Kier molecular flexibility index (Phi) is 8.27. The largest absolute Gasteiger partial charge is 0.466 e. The molecule has 1 unspecified atom stereocenters. The monoisotopic (exact) mass is 460 g/mol. The highest BCUT2D eigenvalue weighted by Crippen LogP contribution is 2.32. The zero-order valence-corrected chi connectivity index (χ0v) is 18.6. The van der Waals surface area contributed by atoms with Gasteiger partial charge in [0.1, 0.15) is 0 Å². The van der Waals surface area contributed by atoms with Crippen molar-refractivity contribution in [3.8, 4) is 0 Å². The number of hydrogen-bond donors (Lipinski definition) is 0. The molecule has 0 radical (unpaired) electrons. The second kappa shape index (κ2) is 10.0. The fourth-order valence-electron chi connectivity index (χ4n) is 3.43. The lowest BCUT2D eigenvalue weighted by atomic mass is 9.98. The van der Waals surface area contributed by atoms with E-state index in [1.807, 2.05) is 38.1 Å². The average molecular weight is 461 g/mol. The molecule has 1 aromatic carbocycles. The summed E-state index contributed by atoms with van der Waals surface area (Å²) in [6, 6.07) is 7.42. The molecule has 0 aliphatic carbocycles. The van der Waals surface area contributed by atoms with Gasteiger partial charge in [0, 0.05) is 30.1 Å². The second-order valence-corrected chi connectivity index (χ2v) is 9.48. The number of esters is 1. The molecule has 1 saturated heterocycles. The molecule has 1 heterocycles. The van der Waals surface area contributed by atoms with Crippen LogP contribution in [0.2, 0.25) is 0 Å². The first-order valence-electron chi connectivity index (χ1n) is 9.50. The second-order valence-electron chi connectivity index (χ2n) is 6.74. The van der Waals surface area contributed by atoms with Crippen molar-refractivity contribution < 1.29 is 17.9 Å². The molecule has 152 valence electrons. The summed E-state index contributed by atoms with van der Waals surface area (Å²) in [4.78, 5) is 11.9. The Labute approximate surface area is 171 Å². The maximum atomic E-state index is 13.3. The van der Waals surface area contributed by atoms with Gasteiger partial charge in [0.15, 0.2) is 0 Å². The Morgan fingerprint density at radius 1 is 1.30 bits per heavy atom. The van der Waals surface area contributed by atoms with E-state index in [2.05, 4.69) is 15.9 Å². The van der Waals surface area contributed by atoms with Gasteiger partial charge in [-0.25, -0.2) is 0 Å². The van der Waals surface area contributed by atoms with E-state index in [1.165, 1.54) is 4.31 Å². The molecular formula is C19H29BrN2O4S. The molecule has 0 saturated carbocycles. The van der Waals surface area contributed by atoms with Gasteiger partial charge in [0.05, 0.1) is 12.5 Å². The third-order valence-corrected chi connectivity index (χ3v) is 7.76. The Morgan fingerprint density at radius 2 is 1.93 bits per heavy atom. The van der Waals surface area contributed by atoms with Crippen LogP contribution in [0.4, 0.5) is 0 Å². The van der Waals surface area contributed by atoms with Crippen LogP contribution in [-0.2, 0) is 19.7 Å². The minimum Gasteiger partial charge on any atom is -0.466 e.